The predicted octanol–water partition coefficient (Wildman–Crippen LogP) is 3.40. The zero-order chi connectivity index (χ0) is 21.8. The van der Waals surface area contributed by atoms with Crippen molar-refractivity contribution >= 4 is 29.3 Å². The predicted molar refractivity (Wildman–Crippen MR) is 118 cm³/mol. The van der Waals surface area contributed by atoms with E-state index in [1.807, 2.05) is 6.92 Å². The zero-order valence-corrected chi connectivity index (χ0v) is 18.2. The number of thioether (sulfide) groups is 1. The summed E-state index contributed by atoms with van der Waals surface area (Å²) in [5, 5.41) is -0.224. The van der Waals surface area contributed by atoms with Gasteiger partial charge in [0, 0.05) is 25.3 Å². The van der Waals surface area contributed by atoms with E-state index in [0.29, 0.717) is 37.7 Å². The Balaban J connectivity index is 1.44. The lowest BCUT2D eigenvalue weighted by molar-refractivity contribution is -0.115. The molecule has 0 aliphatic carbocycles. The maximum atomic E-state index is 13.3. The van der Waals surface area contributed by atoms with E-state index in [0.717, 1.165) is 29.9 Å². The summed E-state index contributed by atoms with van der Waals surface area (Å²) in [6.07, 6.45) is 0. The van der Waals surface area contributed by atoms with Gasteiger partial charge in [0.15, 0.2) is 0 Å². The van der Waals surface area contributed by atoms with Crippen molar-refractivity contribution in [3.8, 4) is 0 Å². The lowest BCUT2D eigenvalue weighted by Crippen LogP contribution is -2.38. The van der Waals surface area contributed by atoms with E-state index in [1.54, 1.807) is 35.2 Å². The maximum absolute atomic E-state index is 13.3. The second-order valence-electron chi connectivity index (χ2n) is 7.57. The van der Waals surface area contributed by atoms with Gasteiger partial charge in [-0.05, 0) is 48.4 Å². The molecule has 4 rings (SSSR count). The van der Waals surface area contributed by atoms with Crippen LogP contribution in [0.4, 0.5) is 10.1 Å². The van der Waals surface area contributed by atoms with Gasteiger partial charge >= 0.3 is 5.97 Å². The van der Waals surface area contributed by atoms with Crippen LogP contribution >= 0.6 is 11.8 Å². The molecule has 0 N–H and O–H groups in total. The van der Waals surface area contributed by atoms with E-state index in [1.165, 1.54) is 23.9 Å². The summed E-state index contributed by atoms with van der Waals surface area (Å²) < 4.78 is 24.1. The number of esters is 1. The Morgan fingerprint density at radius 2 is 1.94 bits per heavy atom. The molecule has 2 aliphatic heterocycles. The Morgan fingerprint density at radius 1 is 1.19 bits per heavy atom. The highest BCUT2D eigenvalue weighted by molar-refractivity contribution is 8.00. The van der Waals surface area contributed by atoms with Crippen molar-refractivity contribution in [2.75, 3.05) is 50.1 Å². The first-order valence-corrected chi connectivity index (χ1v) is 11.3. The highest BCUT2D eigenvalue weighted by Gasteiger charge is 2.35. The first-order valence-electron chi connectivity index (χ1n) is 10.3. The van der Waals surface area contributed by atoms with Gasteiger partial charge < -0.3 is 9.47 Å². The molecule has 2 aliphatic rings. The second-order valence-corrected chi connectivity index (χ2v) is 8.64. The van der Waals surface area contributed by atoms with Crippen molar-refractivity contribution in [2.24, 2.45) is 0 Å². The summed E-state index contributed by atoms with van der Waals surface area (Å²) in [5.74, 6) is -0.340. The number of benzene rings is 2. The minimum Gasteiger partial charge on any atom is -0.461 e. The average molecular weight is 445 g/mol. The van der Waals surface area contributed by atoms with E-state index in [4.69, 9.17) is 9.47 Å². The van der Waals surface area contributed by atoms with E-state index < -0.39 is 0 Å². The number of halogens is 1. The van der Waals surface area contributed by atoms with Gasteiger partial charge in [-0.25, -0.2) is 9.18 Å². The summed E-state index contributed by atoms with van der Waals surface area (Å²) in [6.45, 7) is 6.00. The van der Waals surface area contributed by atoms with Crippen LogP contribution in [0.1, 0.15) is 26.9 Å². The summed E-state index contributed by atoms with van der Waals surface area (Å²) >= 11 is 1.50. The molecule has 0 aromatic heterocycles. The standard InChI is InChI=1S/C23H25FN2O4S/c1-16-14-18(23(28)30-13-10-25-8-11-29-12-9-25)4-7-20(16)26-21(27)15-31-22(26)17-2-5-19(24)6-3-17/h2-7,14,22H,8-13,15H2,1H3. The van der Waals surface area contributed by atoms with Crippen molar-refractivity contribution in [1.82, 2.24) is 4.90 Å². The van der Waals surface area contributed by atoms with Gasteiger partial charge in [-0.2, -0.15) is 0 Å². The summed E-state index contributed by atoms with van der Waals surface area (Å²) in [7, 11) is 0. The van der Waals surface area contributed by atoms with Gasteiger partial charge in [0.2, 0.25) is 5.91 Å². The lowest BCUT2D eigenvalue weighted by atomic mass is 10.1. The van der Waals surface area contributed by atoms with E-state index in [-0.39, 0.29) is 23.1 Å². The summed E-state index contributed by atoms with van der Waals surface area (Å²) in [4.78, 5) is 29.0. The number of rotatable bonds is 6. The zero-order valence-electron chi connectivity index (χ0n) is 17.4. The molecule has 1 amide bonds. The molecule has 2 fully saturated rings. The van der Waals surface area contributed by atoms with Crippen LogP contribution < -0.4 is 4.90 Å². The fourth-order valence-corrected chi connectivity index (χ4v) is 4.96. The van der Waals surface area contributed by atoms with Gasteiger partial charge in [-0.15, -0.1) is 11.8 Å². The molecule has 0 radical (unpaired) electrons. The van der Waals surface area contributed by atoms with Crippen LogP contribution in [0.15, 0.2) is 42.5 Å². The molecule has 6 nitrogen and oxygen atoms in total. The van der Waals surface area contributed by atoms with Crippen LogP contribution in [0.2, 0.25) is 0 Å². The first kappa shape index (κ1) is 21.8. The fourth-order valence-electron chi connectivity index (χ4n) is 3.79. The number of anilines is 1. The van der Waals surface area contributed by atoms with E-state index in [9.17, 15) is 14.0 Å². The average Bonchev–Trinajstić information content (AvgIpc) is 3.16. The number of aryl methyl sites for hydroxylation is 1. The van der Waals surface area contributed by atoms with Gasteiger partial charge in [0.05, 0.1) is 24.5 Å². The molecular weight excluding hydrogens is 419 g/mol. The number of carbonyl (C=O) groups is 2. The SMILES string of the molecule is Cc1cc(C(=O)OCCN2CCOCC2)ccc1N1C(=O)CSC1c1ccc(F)cc1. The molecule has 2 saturated heterocycles. The Kier molecular flexibility index (Phi) is 6.89. The van der Waals surface area contributed by atoms with Crippen molar-refractivity contribution in [3.05, 3.63) is 65.0 Å². The molecule has 1 unspecified atom stereocenters. The number of amides is 1. The van der Waals surface area contributed by atoms with Gasteiger partial charge in [-0.1, -0.05) is 12.1 Å². The normalized spacial score (nSPS) is 19.6. The smallest absolute Gasteiger partial charge is 0.338 e. The largest absolute Gasteiger partial charge is 0.461 e. The van der Waals surface area contributed by atoms with Gasteiger partial charge in [-0.3, -0.25) is 14.6 Å². The van der Waals surface area contributed by atoms with E-state index >= 15 is 0 Å². The molecule has 2 heterocycles. The third-order valence-corrected chi connectivity index (χ3v) is 6.67. The van der Waals surface area contributed by atoms with Gasteiger partial charge in [0.1, 0.15) is 17.8 Å². The molecule has 1 atom stereocenters. The topological polar surface area (TPSA) is 59.1 Å². The molecule has 31 heavy (non-hydrogen) atoms. The number of morpholine rings is 1. The number of hydrogen-bond acceptors (Lipinski definition) is 6. The Morgan fingerprint density at radius 3 is 2.65 bits per heavy atom. The fraction of sp³-hybridized carbons (Fsp3) is 0.391. The molecule has 2 aromatic carbocycles. The molecule has 164 valence electrons. The third-order valence-electron chi connectivity index (χ3n) is 5.46. The second kappa shape index (κ2) is 9.80. The van der Waals surface area contributed by atoms with Crippen LogP contribution in [0.5, 0.6) is 0 Å². The molecule has 0 saturated carbocycles. The highest BCUT2D eigenvalue weighted by Crippen LogP contribution is 2.42. The molecule has 2 aromatic rings. The van der Waals surface area contributed by atoms with Crippen LogP contribution in [0.3, 0.4) is 0 Å². The summed E-state index contributed by atoms with van der Waals surface area (Å²) in [6, 6.07) is 11.4. The minimum absolute atomic E-state index is 0.0109. The molecule has 8 heteroatoms. The number of ether oxygens (including phenoxy) is 2. The number of nitrogens with zero attached hydrogens (tertiary/aromatic N) is 2. The Labute approximate surface area is 185 Å². The Bertz CT molecular complexity index is 947. The van der Waals surface area contributed by atoms with Crippen molar-refractivity contribution in [2.45, 2.75) is 12.3 Å². The van der Waals surface area contributed by atoms with Crippen molar-refractivity contribution in [3.63, 3.8) is 0 Å². The third kappa shape index (κ3) is 5.08. The molecular formula is C23H25FN2O4S. The minimum atomic E-state index is -0.375. The molecule has 0 spiro atoms. The molecule has 0 bridgehead atoms. The number of carbonyl (C=O) groups excluding carboxylic acids is 2. The highest BCUT2D eigenvalue weighted by atomic mass is 32.2. The van der Waals surface area contributed by atoms with Crippen LogP contribution in [-0.4, -0.2) is 62.0 Å². The van der Waals surface area contributed by atoms with Gasteiger partial charge in [0.25, 0.3) is 0 Å². The van der Waals surface area contributed by atoms with E-state index in [2.05, 4.69) is 4.90 Å². The quantitative estimate of drug-likeness (QED) is 0.637. The van der Waals surface area contributed by atoms with Crippen LogP contribution in [-0.2, 0) is 14.3 Å². The maximum Gasteiger partial charge on any atom is 0.338 e. The summed E-state index contributed by atoms with van der Waals surface area (Å²) in [5.41, 5.74) is 2.88. The van der Waals surface area contributed by atoms with Crippen LogP contribution in [0, 0.1) is 12.7 Å². The Hall–Kier alpha value is -2.42. The van der Waals surface area contributed by atoms with Crippen molar-refractivity contribution < 1.29 is 23.5 Å². The lowest BCUT2D eigenvalue weighted by Gasteiger charge is -2.26. The van der Waals surface area contributed by atoms with Crippen LogP contribution in [0.25, 0.3) is 0 Å². The van der Waals surface area contributed by atoms with Crippen molar-refractivity contribution in [1.29, 1.82) is 0 Å². The first-order chi connectivity index (χ1) is 15.0. The number of hydrogen-bond donors (Lipinski definition) is 0. The monoisotopic (exact) mass is 444 g/mol.